The van der Waals surface area contributed by atoms with Crippen LogP contribution in [0.2, 0.25) is 0 Å². The molecule has 0 aliphatic heterocycles. The Morgan fingerprint density at radius 1 is 1.22 bits per heavy atom. The first kappa shape index (κ1) is 13.5. The average Bonchev–Trinajstić information content (AvgIpc) is 2.32. The van der Waals surface area contributed by atoms with E-state index in [2.05, 4.69) is 43.8 Å². The van der Waals surface area contributed by atoms with Gasteiger partial charge >= 0.3 is 0 Å². The summed E-state index contributed by atoms with van der Waals surface area (Å²) in [4.78, 5) is 12.1. The van der Waals surface area contributed by atoms with Gasteiger partial charge in [-0.1, -0.05) is 22.0 Å². The third-order valence-corrected chi connectivity index (χ3v) is 4.06. The van der Waals surface area contributed by atoms with E-state index in [1.165, 1.54) is 0 Å². The molecular weight excluding hydrogens is 405 g/mol. The van der Waals surface area contributed by atoms with Crippen molar-refractivity contribution in [3.63, 3.8) is 0 Å². The Balaban J connectivity index is 2.19. The first-order chi connectivity index (χ1) is 8.56. The average molecular weight is 416 g/mol. The van der Waals surface area contributed by atoms with Crippen molar-refractivity contribution in [3.05, 3.63) is 61.6 Å². The second kappa shape index (κ2) is 5.84. The van der Waals surface area contributed by atoms with Crippen LogP contribution in [0.5, 0.6) is 0 Å². The van der Waals surface area contributed by atoms with E-state index in [0.717, 1.165) is 19.3 Å². The molecule has 92 valence electrons. The highest BCUT2D eigenvalue weighted by Crippen LogP contribution is 2.18. The number of benzene rings is 2. The number of carbonyl (C=O) groups excluding carboxylic acids is 1. The Bertz CT molecular complexity index is 598. The highest BCUT2D eigenvalue weighted by molar-refractivity contribution is 14.1. The summed E-state index contributed by atoms with van der Waals surface area (Å²) in [5.41, 5.74) is 2.52. The van der Waals surface area contributed by atoms with Gasteiger partial charge in [0.2, 0.25) is 0 Å². The third kappa shape index (κ3) is 3.32. The zero-order valence-corrected chi connectivity index (χ0v) is 13.4. The van der Waals surface area contributed by atoms with Gasteiger partial charge in [0, 0.05) is 19.3 Å². The van der Waals surface area contributed by atoms with Gasteiger partial charge in [-0.2, -0.15) is 0 Å². The molecule has 2 nitrogen and oxygen atoms in total. The lowest BCUT2D eigenvalue weighted by Gasteiger charge is -2.07. The molecular formula is C14H11BrINO. The Labute approximate surface area is 128 Å². The highest BCUT2D eigenvalue weighted by Gasteiger charge is 2.07. The fourth-order valence-electron chi connectivity index (χ4n) is 1.56. The van der Waals surface area contributed by atoms with E-state index in [0.29, 0.717) is 5.56 Å². The molecule has 0 radical (unpaired) electrons. The molecule has 0 heterocycles. The van der Waals surface area contributed by atoms with Gasteiger partial charge in [-0.15, -0.1) is 0 Å². The maximum Gasteiger partial charge on any atom is 0.255 e. The number of aryl methyl sites for hydroxylation is 1. The van der Waals surface area contributed by atoms with Crippen LogP contribution in [0, 0.1) is 10.5 Å². The fourth-order valence-corrected chi connectivity index (χ4v) is 2.35. The molecule has 4 heteroatoms. The lowest BCUT2D eigenvalue weighted by molar-refractivity contribution is 0.102. The molecule has 2 aromatic carbocycles. The van der Waals surface area contributed by atoms with E-state index in [1.807, 2.05) is 43.3 Å². The molecule has 0 aliphatic carbocycles. The molecule has 1 N–H and O–H groups in total. The third-order valence-electron chi connectivity index (χ3n) is 2.50. The minimum absolute atomic E-state index is 0.0902. The Hall–Kier alpha value is -0.880. The van der Waals surface area contributed by atoms with Crippen molar-refractivity contribution in [2.45, 2.75) is 6.92 Å². The lowest BCUT2D eigenvalue weighted by atomic mass is 10.1. The van der Waals surface area contributed by atoms with Crippen molar-refractivity contribution in [1.29, 1.82) is 0 Å². The summed E-state index contributed by atoms with van der Waals surface area (Å²) in [6.45, 7) is 1.96. The van der Waals surface area contributed by atoms with Crippen LogP contribution in [0.3, 0.4) is 0 Å². The molecule has 0 atom stereocenters. The lowest BCUT2D eigenvalue weighted by Crippen LogP contribution is -2.12. The second-order valence-electron chi connectivity index (χ2n) is 3.93. The number of halogens is 2. The van der Waals surface area contributed by atoms with Crippen LogP contribution in [0.15, 0.2) is 46.9 Å². The molecule has 1 amide bonds. The first-order valence-corrected chi connectivity index (χ1v) is 7.26. The van der Waals surface area contributed by atoms with Gasteiger partial charge in [-0.3, -0.25) is 4.79 Å². The van der Waals surface area contributed by atoms with Crippen molar-refractivity contribution < 1.29 is 4.79 Å². The molecule has 18 heavy (non-hydrogen) atoms. The predicted molar refractivity (Wildman–Crippen MR) is 86.0 cm³/mol. The van der Waals surface area contributed by atoms with Crippen LogP contribution >= 0.6 is 38.5 Å². The van der Waals surface area contributed by atoms with Gasteiger partial charge in [0.1, 0.15) is 0 Å². The Morgan fingerprint density at radius 2 is 2.00 bits per heavy atom. The van der Waals surface area contributed by atoms with Gasteiger partial charge in [-0.05, 0) is 71.5 Å². The SMILES string of the molecule is Cc1cc(C(=O)Nc2cccc(I)c2)ccc1Br. The standard InChI is InChI=1S/C14H11BrINO/c1-9-7-10(5-6-13(9)15)14(18)17-12-4-2-3-11(16)8-12/h2-8H,1H3,(H,17,18). The normalized spacial score (nSPS) is 10.2. The van der Waals surface area contributed by atoms with Crippen LogP contribution in [-0.2, 0) is 0 Å². The van der Waals surface area contributed by atoms with Crippen molar-refractivity contribution in [2.75, 3.05) is 5.32 Å². The predicted octanol–water partition coefficient (Wildman–Crippen LogP) is 4.61. The number of rotatable bonds is 2. The Kier molecular flexibility index (Phi) is 4.40. The van der Waals surface area contributed by atoms with Crippen molar-refractivity contribution >= 4 is 50.1 Å². The Morgan fingerprint density at radius 3 is 2.67 bits per heavy atom. The van der Waals surface area contributed by atoms with Crippen molar-refractivity contribution in [3.8, 4) is 0 Å². The minimum Gasteiger partial charge on any atom is -0.322 e. The maximum absolute atomic E-state index is 12.1. The summed E-state index contributed by atoms with van der Waals surface area (Å²) >= 11 is 5.64. The van der Waals surface area contributed by atoms with E-state index >= 15 is 0 Å². The van der Waals surface area contributed by atoms with E-state index in [-0.39, 0.29) is 5.91 Å². The smallest absolute Gasteiger partial charge is 0.255 e. The fraction of sp³-hybridized carbons (Fsp3) is 0.0714. The molecule has 0 fully saturated rings. The molecule has 0 saturated heterocycles. The number of anilines is 1. The molecule has 0 aromatic heterocycles. The van der Waals surface area contributed by atoms with E-state index in [1.54, 1.807) is 6.07 Å². The highest BCUT2D eigenvalue weighted by atomic mass is 127. The topological polar surface area (TPSA) is 29.1 Å². The number of amides is 1. The first-order valence-electron chi connectivity index (χ1n) is 5.39. The zero-order chi connectivity index (χ0) is 13.1. The van der Waals surface area contributed by atoms with Crippen LogP contribution in [0.25, 0.3) is 0 Å². The number of nitrogens with one attached hydrogen (secondary N) is 1. The molecule has 0 unspecified atom stereocenters. The molecule has 2 aromatic rings. The van der Waals surface area contributed by atoms with Gasteiger partial charge < -0.3 is 5.32 Å². The number of hydrogen-bond acceptors (Lipinski definition) is 1. The monoisotopic (exact) mass is 415 g/mol. The van der Waals surface area contributed by atoms with Crippen molar-refractivity contribution in [2.24, 2.45) is 0 Å². The van der Waals surface area contributed by atoms with Crippen LogP contribution in [0.1, 0.15) is 15.9 Å². The van der Waals surface area contributed by atoms with E-state index < -0.39 is 0 Å². The van der Waals surface area contributed by atoms with Crippen LogP contribution < -0.4 is 5.32 Å². The summed E-state index contributed by atoms with van der Waals surface area (Å²) in [6, 6.07) is 13.3. The number of carbonyl (C=O) groups is 1. The minimum atomic E-state index is -0.0902. The molecule has 0 saturated carbocycles. The quantitative estimate of drug-likeness (QED) is 0.712. The summed E-state index contributed by atoms with van der Waals surface area (Å²) in [6.07, 6.45) is 0. The van der Waals surface area contributed by atoms with Crippen LogP contribution in [-0.4, -0.2) is 5.91 Å². The number of hydrogen-bond donors (Lipinski definition) is 1. The molecule has 0 spiro atoms. The summed E-state index contributed by atoms with van der Waals surface area (Å²) < 4.78 is 2.10. The summed E-state index contributed by atoms with van der Waals surface area (Å²) in [7, 11) is 0. The van der Waals surface area contributed by atoms with Gasteiger partial charge in [0.05, 0.1) is 0 Å². The molecule has 2 rings (SSSR count). The summed E-state index contributed by atoms with van der Waals surface area (Å²) in [5.74, 6) is -0.0902. The molecule has 0 bridgehead atoms. The molecule has 0 aliphatic rings. The zero-order valence-electron chi connectivity index (χ0n) is 9.71. The van der Waals surface area contributed by atoms with Gasteiger partial charge in [0.25, 0.3) is 5.91 Å². The summed E-state index contributed by atoms with van der Waals surface area (Å²) in [5, 5.41) is 2.89. The maximum atomic E-state index is 12.1. The van der Waals surface area contributed by atoms with Crippen LogP contribution in [0.4, 0.5) is 5.69 Å². The van der Waals surface area contributed by atoms with E-state index in [4.69, 9.17) is 0 Å². The van der Waals surface area contributed by atoms with Crippen molar-refractivity contribution in [1.82, 2.24) is 0 Å². The largest absolute Gasteiger partial charge is 0.322 e. The second-order valence-corrected chi connectivity index (χ2v) is 6.03. The van der Waals surface area contributed by atoms with E-state index in [9.17, 15) is 4.79 Å². The van der Waals surface area contributed by atoms with Gasteiger partial charge in [-0.25, -0.2) is 0 Å². The van der Waals surface area contributed by atoms with Gasteiger partial charge in [0.15, 0.2) is 0 Å².